The van der Waals surface area contributed by atoms with Crippen molar-refractivity contribution in [1.82, 2.24) is 0 Å². The lowest BCUT2D eigenvalue weighted by molar-refractivity contribution is 0.0993. The van der Waals surface area contributed by atoms with Crippen molar-refractivity contribution < 1.29 is 4.79 Å². The second-order valence-corrected chi connectivity index (χ2v) is 5.97. The van der Waals surface area contributed by atoms with Gasteiger partial charge in [0.1, 0.15) is 0 Å². The molecule has 0 bridgehead atoms. The number of thiophene rings is 1. The molecule has 0 amide bonds. The van der Waals surface area contributed by atoms with Crippen molar-refractivity contribution in [3.63, 3.8) is 0 Å². The van der Waals surface area contributed by atoms with Gasteiger partial charge in [0.2, 0.25) is 0 Å². The van der Waals surface area contributed by atoms with Gasteiger partial charge in [0.05, 0.1) is 0 Å². The molecular formula is C15H15ClOS. The smallest absolute Gasteiger partial charge is 0.168 e. The SMILES string of the molecule is CCc1ccc(CC(=O)c2cc(Cl)ccc2C)s1. The summed E-state index contributed by atoms with van der Waals surface area (Å²) >= 11 is 7.65. The van der Waals surface area contributed by atoms with E-state index < -0.39 is 0 Å². The average molecular weight is 279 g/mol. The van der Waals surface area contributed by atoms with E-state index in [0.29, 0.717) is 11.4 Å². The number of halogens is 1. The van der Waals surface area contributed by atoms with E-state index in [9.17, 15) is 4.79 Å². The standard InChI is InChI=1S/C15H15ClOS/c1-3-12-6-7-13(18-12)9-15(17)14-8-11(16)5-4-10(14)2/h4-8H,3,9H2,1-2H3. The number of Topliss-reactive ketones (excluding diaryl/α,β-unsaturated/α-hetero) is 1. The molecule has 1 aromatic heterocycles. The molecule has 1 nitrogen and oxygen atoms in total. The third kappa shape index (κ3) is 3.01. The summed E-state index contributed by atoms with van der Waals surface area (Å²) in [6.45, 7) is 4.06. The van der Waals surface area contributed by atoms with Gasteiger partial charge in [-0.2, -0.15) is 0 Å². The molecule has 0 radical (unpaired) electrons. The van der Waals surface area contributed by atoms with Crippen molar-refractivity contribution in [1.29, 1.82) is 0 Å². The topological polar surface area (TPSA) is 17.1 Å². The fraction of sp³-hybridized carbons (Fsp3) is 0.267. The Balaban J connectivity index is 2.19. The zero-order valence-electron chi connectivity index (χ0n) is 10.5. The molecule has 0 aliphatic heterocycles. The summed E-state index contributed by atoms with van der Waals surface area (Å²) in [5.74, 6) is 0.138. The highest BCUT2D eigenvalue weighted by molar-refractivity contribution is 7.12. The Labute approximate surface area is 116 Å². The van der Waals surface area contributed by atoms with Crippen LogP contribution in [0.15, 0.2) is 30.3 Å². The van der Waals surface area contributed by atoms with Gasteiger partial charge in [-0.15, -0.1) is 11.3 Å². The van der Waals surface area contributed by atoms with Crippen LogP contribution in [0.25, 0.3) is 0 Å². The number of rotatable bonds is 4. The minimum absolute atomic E-state index is 0.138. The van der Waals surface area contributed by atoms with Crippen molar-refractivity contribution in [2.75, 3.05) is 0 Å². The summed E-state index contributed by atoms with van der Waals surface area (Å²) in [5, 5.41) is 0.615. The molecule has 0 saturated carbocycles. The van der Waals surface area contributed by atoms with Crippen molar-refractivity contribution in [2.45, 2.75) is 26.7 Å². The number of benzene rings is 1. The fourth-order valence-corrected chi connectivity index (χ4v) is 2.98. The summed E-state index contributed by atoms with van der Waals surface area (Å²) in [7, 11) is 0. The molecule has 0 fully saturated rings. The van der Waals surface area contributed by atoms with E-state index in [1.807, 2.05) is 25.1 Å². The fourth-order valence-electron chi connectivity index (χ4n) is 1.86. The summed E-state index contributed by atoms with van der Waals surface area (Å²) in [6.07, 6.45) is 1.49. The van der Waals surface area contributed by atoms with Gasteiger partial charge < -0.3 is 0 Å². The first kappa shape index (κ1) is 13.3. The number of carbonyl (C=O) groups is 1. The van der Waals surface area contributed by atoms with Gasteiger partial charge in [-0.1, -0.05) is 24.6 Å². The first-order chi connectivity index (χ1) is 8.60. The first-order valence-electron chi connectivity index (χ1n) is 5.97. The van der Waals surface area contributed by atoms with Crippen LogP contribution in [-0.2, 0) is 12.8 Å². The minimum atomic E-state index is 0.138. The average Bonchev–Trinajstić information content (AvgIpc) is 2.80. The van der Waals surface area contributed by atoms with Crippen LogP contribution in [0, 0.1) is 6.92 Å². The van der Waals surface area contributed by atoms with Crippen molar-refractivity contribution in [2.24, 2.45) is 0 Å². The molecule has 3 heteroatoms. The maximum Gasteiger partial charge on any atom is 0.168 e. The minimum Gasteiger partial charge on any atom is -0.294 e. The summed E-state index contributed by atoms with van der Waals surface area (Å²) in [5.41, 5.74) is 1.71. The quantitative estimate of drug-likeness (QED) is 0.741. The van der Waals surface area contributed by atoms with E-state index in [2.05, 4.69) is 13.0 Å². The lowest BCUT2D eigenvalue weighted by atomic mass is 10.0. The van der Waals surface area contributed by atoms with E-state index in [1.54, 1.807) is 17.4 Å². The normalized spacial score (nSPS) is 10.6. The molecule has 1 aromatic carbocycles. The highest BCUT2D eigenvalue weighted by Crippen LogP contribution is 2.21. The number of ketones is 1. The largest absolute Gasteiger partial charge is 0.294 e. The van der Waals surface area contributed by atoms with Crippen molar-refractivity contribution in [3.8, 4) is 0 Å². The molecule has 0 spiro atoms. The number of carbonyl (C=O) groups excluding carboxylic acids is 1. The van der Waals surface area contributed by atoms with Crippen LogP contribution in [0.5, 0.6) is 0 Å². The highest BCUT2D eigenvalue weighted by Gasteiger charge is 2.11. The van der Waals surface area contributed by atoms with Crippen LogP contribution in [0.3, 0.4) is 0 Å². The number of hydrogen-bond donors (Lipinski definition) is 0. The second-order valence-electron chi connectivity index (χ2n) is 4.28. The van der Waals surface area contributed by atoms with Gasteiger partial charge in [-0.05, 0) is 43.2 Å². The van der Waals surface area contributed by atoms with E-state index in [1.165, 1.54) is 4.88 Å². The lowest BCUT2D eigenvalue weighted by Crippen LogP contribution is -2.04. The summed E-state index contributed by atoms with van der Waals surface area (Å²) in [4.78, 5) is 14.7. The van der Waals surface area contributed by atoms with Gasteiger partial charge >= 0.3 is 0 Å². The van der Waals surface area contributed by atoms with E-state index in [-0.39, 0.29) is 5.78 Å². The van der Waals surface area contributed by atoms with Crippen LogP contribution in [0.1, 0.15) is 32.6 Å². The molecule has 0 saturated heterocycles. The van der Waals surface area contributed by atoms with Crippen LogP contribution in [0.2, 0.25) is 5.02 Å². The molecule has 18 heavy (non-hydrogen) atoms. The molecule has 0 aliphatic rings. The first-order valence-corrected chi connectivity index (χ1v) is 7.16. The lowest BCUT2D eigenvalue weighted by Gasteiger charge is -2.04. The molecule has 0 unspecified atom stereocenters. The Morgan fingerprint density at radius 3 is 2.61 bits per heavy atom. The Bertz CT molecular complexity index is 572. The molecule has 0 atom stereocenters. The zero-order valence-corrected chi connectivity index (χ0v) is 12.1. The van der Waals surface area contributed by atoms with Crippen LogP contribution >= 0.6 is 22.9 Å². The van der Waals surface area contributed by atoms with Crippen LogP contribution in [-0.4, -0.2) is 5.78 Å². The summed E-state index contributed by atoms with van der Waals surface area (Å²) < 4.78 is 0. The second kappa shape index (κ2) is 5.68. The Morgan fingerprint density at radius 2 is 1.94 bits per heavy atom. The maximum absolute atomic E-state index is 12.2. The molecular weight excluding hydrogens is 264 g/mol. The van der Waals surface area contributed by atoms with Gasteiger partial charge in [0.15, 0.2) is 5.78 Å². The maximum atomic E-state index is 12.2. The Hall–Kier alpha value is -1.12. The Morgan fingerprint density at radius 1 is 1.22 bits per heavy atom. The highest BCUT2D eigenvalue weighted by atomic mass is 35.5. The van der Waals surface area contributed by atoms with Gasteiger partial charge in [-0.25, -0.2) is 0 Å². The van der Waals surface area contributed by atoms with Crippen LogP contribution < -0.4 is 0 Å². The third-order valence-corrected chi connectivity index (χ3v) is 4.37. The summed E-state index contributed by atoms with van der Waals surface area (Å²) in [6, 6.07) is 9.60. The third-order valence-electron chi connectivity index (χ3n) is 2.90. The van der Waals surface area contributed by atoms with Gasteiger partial charge in [0.25, 0.3) is 0 Å². The van der Waals surface area contributed by atoms with Gasteiger partial charge in [0, 0.05) is 26.8 Å². The van der Waals surface area contributed by atoms with E-state index in [4.69, 9.17) is 11.6 Å². The zero-order chi connectivity index (χ0) is 13.1. The number of hydrogen-bond acceptors (Lipinski definition) is 2. The predicted octanol–water partition coefficient (Wildman–Crippen LogP) is 4.70. The molecule has 2 rings (SSSR count). The number of aryl methyl sites for hydroxylation is 2. The van der Waals surface area contributed by atoms with Crippen molar-refractivity contribution in [3.05, 3.63) is 56.2 Å². The monoisotopic (exact) mass is 278 g/mol. The van der Waals surface area contributed by atoms with E-state index >= 15 is 0 Å². The van der Waals surface area contributed by atoms with E-state index in [0.717, 1.165) is 22.4 Å². The van der Waals surface area contributed by atoms with Crippen molar-refractivity contribution >= 4 is 28.7 Å². The van der Waals surface area contributed by atoms with Crippen LogP contribution in [0.4, 0.5) is 0 Å². The molecule has 1 heterocycles. The molecule has 0 aliphatic carbocycles. The molecule has 2 aromatic rings. The van der Waals surface area contributed by atoms with Gasteiger partial charge in [-0.3, -0.25) is 4.79 Å². The Kier molecular flexibility index (Phi) is 4.20. The predicted molar refractivity (Wildman–Crippen MR) is 77.9 cm³/mol. The molecule has 0 N–H and O–H groups in total. The molecule has 94 valence electrons.